The van der Waals surface area contributed by atoms with E-state index >= 15 is 0 Å². The summed E-state index contributed by atoms with van der Waals surface area (Å²) in [4.78, 5) is 7.17. The zero-order chi connectivity index (χ0) is 63.0. The fourth-order valence-electron chi connectivity index (χ4n) is 10.8. The number of aryl methyl sites for hydroxylation is 3. The van der Waals surface area contributed by atoms with E-state index in [2.05, 4.69) is 68.9 Å². The van der Waals surface area contributed by atoms with Gasteiger partial charge in [0.15, 0.2) is 0 Å². The molecule has 0 saturated heterocycles. The Labute approximate surface area is 469 Å². The third-order valence-corrected chi connectivity index (χ3v) is 15.1. The van der Waals surface area contributed by atoms with E-state index in [0.717, 1.165) is 44.1 Å². The van der Waals surface area contributed by atoms with Crippen LogP contribution in [0.1, 0.15) is 62.2 Å². The van der Waals surface area contributed by atoms with Crippen molar-refractivity contribution in [1.82, 2.24) is 18.6 Å². The molecular formula is C67H54BN5OPt. The van der Waals surface area contributed by atoms with Crippen LogP contribution in [0, 0.1) is 24.4 Å². The van der Waals surface area contributed by atoms with Gasteiger partial charge in [0.2, 0.25) is 0 Å². The Balaban J connectivity index is 1.08. The predicted molar refractivity (Wildman–Crippen MR) is 308 cm³/mol. The first-order chi connectivity index (χ1) is 42.2. The number of hydrogen-bond acceptors (Lipinski definition) is 3. The zero-order valence-corrected chi connectivity index (χ0v) is 43.2. The normalized spacial score (nSPS) is 15.6. The number of ether oxygens (including phenoxy) is 1. The van der Waals surface area contributed by atoms with E-state index in [1.165, 1.54) is 30.3 Å². The number of imidazole rings is 1. The minimum absolute atomic E-state index is 0.0230. The topological polar surface area (TPSA) is 40.1 Å². The van der Waals surface area contributed by atoms with Gasteiger partial charge in [-0.15, -0.1) is 0 Å². The second-order valence-electron chi connectivity index (χ2n) is 19.7. The molecule has 0 radical (unpaired) electrons. The standard InChI is InChI=1S/C67H54BN5O.Pt/c1-44-37-62(72-61-36-20-32-57-56-29-13-14-33-58(56)73(66(57)61)68(72)51-27-11-8-12-28-51)69-63(38-44)74-53-41-49(64-45(2)21-17-22-46(64)3)40-52(42-53)70-43-71(60-35-16-15-34-59(60)70)65-54(47-23-9-7-10-24-47)30-19-31-55(65)48-25-18-26-50(39-48)67(4,5)6;/h7-42H,1-6H3;/i1D3,2D3,3D3,7D,9D,10D,23D,24D;. The Bertz CT molecular complexity index is 4890. The van der Waals surface area contributed by atoms with Crippen LogP contribution < -0.4 is 15.0 Å². The molecule has 75 heavy (non-hydrogen) atoms. The van der Waals surface area contributed by atoms with Gasteiger partial charge in [-0.2, -0.15) is 0 Å². The van der Waals surface area contributed by atoms with E-state index in [1.807, 2.05) is 117 Å². The molecule has 0 unspecified atom stereocenters. The van der Waals surface area contributed by atoms with Gasteiger partial charge in [-0.05, 0) is 6.07 Å². The second-order valence-corrected chi connectivity index (χ2v) is 20.8. The molecule has 12 aromatic rings. The molecular weight excluding hydrogens is 1100 g/mol. The summed E-state index contributed by atoms with van der Waals surface area (Å²) in [7, 11) is 0. The van der Waals surface area contributed by atoms with E-state index in [9.17, 15) is 2.74 Å². The van der Waals surface area contributed by atoms with Gasteiger partial charge in [0, 0.05) is 16.3 Å². The van der Waals surface area contributed by atoms with Crippen molar-refractivity contribution in [3.05, 3.63) is 244 Å². The van der Waals surface area contributed by atoms with Crippen LogP contribution >= 0.6 is 0 Å². The molecule has 0 aliphatic carbocycles. The van der Waals surface area contributed by atoms with Crippen molar-refractivity contribution in [2.75, 3.05) is 4.81 Å². The molecule has 0 atom stereocenters. The first-order valence-electron chi connectivity index (χ1n) is 31.6. The fraction of sp³-hybridized carbons (Fsp3) is 0.104. The Morgan fingerprint density at radius 1 is 0.587 bits per heavy atom. The summed E-state index contributed by atoms with van der Waals surface area (Å²) in [6, 6.07) is 54.7. The van der Waals surface area contributed by atoms with Gasteiger partial charge in [0.1, 0.15) is 0 Å². The summed E-state index contributed by atoms with van der Waals surface area (Å²) < 4.78 is 138. The van der Waals surface area contributed by atoms with Crippen molar-refractivity contribution < 1.29 is 43.3 Å². The summed E-state index contributed by atoms with van der Waals surface area (Å²) in [5.74, 6) is 0.162. The monoisotopic (exact) mass is 1160 g/mol. The zero-order valence-electron chi connectivity index (χ0n) is 54.9. The quantitative estimate of drug-likeness (QED) is 0.135. The molecule has 0 fully saturated rings. The Morgan fingerprint density at radius 3 is 2.03 bits per heavy atom. The summed E-state index contributed by atoms with van der Waals surface area (Å²) in [5.41, 5.74) is 7.60. The second kappa shape index (κ2) is 18.3. The predicted octanol–water partition coefficient (Wildman–Crippen LogP) is 16.4. The van der Waals surface area contributed by atoms with Crippen LogP contribution in [-0.4, -0.2) is 25.6 Å². The molecule has 6 nitrogen and oxygen atoms in total. The van der Waals surface area contributed by atoms with Gasteiger partial charge in [-0.1, -0.05) is 60.7 Å². The van der Waals surface area contributed by atoms with Crippen molar-refractivity contribution in [2.45, 2.75) is 46.7 Å². The van der Waals surface area contributed by atoms with Crippen molar-refractivity contribution in [2.24, 2.45) is 0 Å². The number of aromatic nitrogens is 4. The van der Waals surface area contributed by atoms with Crippen molar-refractivity contribution in [3.8, 4) is 56.4 Å². The molecule has 13 rings (SSSR count). The van der Waals surface area contributed by atoms with Gasteiger partial charge in [-0.25, -0.2) is 0 Å². The molecule has 0 saturated carbocycles. The number of rotatable bonds is 9. The molecule has 1 aliphatic heterocycles. The van der Waals surface area contributed by atoms with E-state index < -0.39 is 57.8 Å². The molecule has 1 aliphatic rings. The Hall–Kier alpha value is -8.25. The van der Waals surface area contributed by atoms with Crippen LogP contribution in [0.25, 0.3) is 77.6 Å². The molecule has 0 amide bonds. The van der Waals surface area contributed by atoms with Gasteiger partial charge < -0.3 is 0 Å². The molecule has 8 heteroatoms. The maximum absolute atomic E-state index is 9.34. The number of fused-ring (bicyclic) bond motifs is 4. The molecule has 9 aromatic carbocycles. The van der Waals surface area contributed by atoms with Crippen LogP contribution in [-0.2, 0) is 24.8 Å². The average molecular weight is 1170 g/mol. The first kappa shape index (κ1) is 33.5. The summed E-state index contributed by atoms with van der Waals surface area (Å²) in [6.45, 7) is -2.53. The van der Waals surface area contributed by atoms with Crippen LogP contribution in [0.5, 0.6) is 11.6 Å². The van der Waals surface area contributed by atoms with Crippen LogP contribution in [0.15, 0.2) is 218 Å². The summed E-state index contributed by atoms with van der Waals surface area (Å²) >= 11 is 2.18. The molecule has 3 aromatic heterocycles. The number of nitrogens with zero attached hydrogens (tertiary/aromatic N) is 5. The van der Waals surface area contributed by atoms with Crippen molar-refractivity contribution in [1.29, 1.82) is 0 Å². The van der Waals surface area contributed by atoms with E-state index in [0.29, 0.717) is 37.3 Å². The van der Waals surface area contributed by atoms with E-state index in [4.69, 9.17) is 26.2 Å². The van der Waals surface area contributed by atoms with Crippen LogP contribution in [0.4, 0.5) is 11.5 Å². The SMILES string of the molecule is [2H]c1c([2H])c([2H])c(-c2cccc(-c3cccc(C(C)(C)C)c3)c2-n2[c](=[Pt])n(-c3cc(Oc4cc(C([2H])([2H])[2H])cc(N5B(c6ccccc6)n6c7ccccc7c7cccc5c76)n4)cc(-c4c(C([2H])([2H])[2H])cccc4C([2H])([2H])[2H])c3)c3ccccc32)c([2H])c1[2H]. The minimum atomic E-state index is -2.82. The van der Waals surface area contributed by atoms with Crippen LogP contribution in [0.2, 0.25) is 0 Å². The molecule has 4 heterocycles. The number of pyridine rings is 1. The van der Waals surface area contributed by atoms with Gasteiger partial charge >= 0.3 is 388 Å². The summed E-state index contributed by atoms with van der Waals surface area (Å²) in [6.07, 6.45) is 0. The molecule has 0 spiro atoms. The fourth-order valence-corrected chi connectivity index (χ4v) is 11.9. The first-order valence-corrected chi connectivity index (χ1v) is 25.7. The van der Waals surface area contributed by atoms with E-state index in [1.54, 1.807) is 30.3 Å². The van der Waals surface area contributed by atoms with Crippen LogP contribution in [0.3, 0.4) is 0 Å². The molecule has 366 valence electrons. The average Bonchev–Trinajstić information content (AvgIpc) is 1.57. The third-order valence-electron chi connectivity index (χ3n) is 14.1. The van der Waals surface area contributed by atoms with Crippen molar-refractivity contribution >= 4 is 56.8 Å². The summed E-state index contributed by atoms with van der Waals surface area (Å²) in [5, 5.41) is 2.05. The number of hydrogen-bond donors (Lipinski definition) is 0. The Morgan fingerprint density at radius 2 is 1.27 bits per heavy atom. The van der Waals surface area contributed by atoms with Gasteiger partial charge in [0.25, 0.3) is 0 Å². The maximum atomic E-state index is 9.34. The number of para-hydroxylation sites is 5. The van der Waals surface area contributed by atoms with E-state index in [-0.39, 0.29) is 56.2 Å². The molecule has 0 bridgehead atoms. The van der Waals surface area contributed by atoms with Gasteiger partial charge in [0.05, 0.1) is 0 Å². The number of benzene rings is 9. The number of anilines is 2. The Kier molecular flexibility index (Phi) is 8.18. The molecule has 0 N–H and O–H groups in total. The third kappa shape index (κ3) is 7.92. The van der Waals surface area contributed by atoms with Crippen molar-refractivity contribution in [3.63, 3.8) is 0 Å². The van der Waals surface area contributed by atoms with Gasteiger partial charge in [-0.3, -0.25) is 0 Å².